The van der Waals surface area contributed by atoms with Crippen LogP contribution in [0.2, 0.25) is 0 Å². The Kier molecular flexibility index (Phi) is 5.95. The number of hydrogen-bond donors (Lipinski definition) is 1. The summed E-state index contributed by atoms with van der Waals surface area (Å²) in [5.41, 5.74) is 2.42. The van der Waals surface area contributed by atoms with Gasteiger partial charge in [-0.1, -0.05) is 15.9 Å². The van der Waals surface area contributed by atoms with Crippen molar-refractivity contribution in [1.29, 1.82) is 0 Å². The summed E-state index contributed by atoms with van der Waals surface area (Å²) in [5, 5.41) is 4.59. The summed E-state index contributed by atoms with van der Waals surface area (Å²) in [5.74, 6) is 0.557. The molecule has 156 valence electrons. The number of Topliss-reactive ketones (excluding diaryl/α,β-unsaturated/α-hetero) is 1. The molecule has 6 nitrogen and oxygen atoms in total. The number of carbonyl (C=O) groups excluding carboxylic acids is 1. The van der Waals surface area contributed by atoms with E-state index in [0.717, 1.165) is 65.8 Å². The van der Waals surface area contributed by atoms with E-state index < -0.39 is 10.1 Å². The van der Waals surface area contributed by atoms with Crippen molar-refractivity contribution in [1.82, 2.24) is 4.98 Å². The topological polar surface area (TPSA) is 85.4 Å². The second-order valence-corrected chi connectivity index (χ2v) is 10.8. The molecule has 2 saturated carbocycles. The molecule has 1 aromatic heterocycles. The maximum Gasteiger partial charge on any atom is 0.264 e. The lowest BCUT2D eigenvalue weighted by atomic mass is 9.86. The lowest BCUT2D eigenvalue weighted by molar-refractivity contribution is 0.0968. The third-order valence-corrected chi connectivity index (χ3v) is 6.81. The summed E-state index contributed by atoms with van der Waals surface area (Å²) in [6, 6.07) is 6.16. The average Bonchev–Trinajstić information content (AvgIpc) is 3.52. The van der Waals surface area contributed by atoms with E-state index in [4.69, 9.17) is 4.18 Å². The van der Waals surface area contributed by atoms with Crippen molar-refractivity contribution >= 4 is 48.4 Å². The van der Waals surface area contributed by atoms with E-state index in [0.29, 0.717) is 5.56 Å². The standard InChI is InChI=1S/C21H25BrN2O4S/c1-29(26,27)28-12-13-2-7-16(8-3-13)24-20-17-10-15(22)6-9-19(17)23-11-18(20)21(25)14-4-5-14/h6,9-11,13-14,16H,2-5,7-8,12H2,1H3,(H,23,24). The largest absolute Gasteiger partial charge is 0.381 e. The van der Waals surface area contributed by atoms with E-state index >= 15 is 0 Å². The smallest absolute Gasteiger partial charge is 0.264 e. The number of nitrogens with zero attached hydrogens (tertiary/aromatic N) is 1. The fourth-order valence-electron chi connectivity index (χ4n) is 3.97. The second kappa shape index (κ2) is 8.32. The summed E-state index contributed by atoms with van der Waals surface area (Å²) in [7, 11) is -3.40. The molecule has 0 atom stereocenters. The molecule has 0 bridgehead atoms. The van der Waals surface area contributed by atoms with Gasteiger partial charge in [0.2, 0.25) is 0 Å². The van der Waals surface area contributed by atoms with Gasteiger partial charge in [0.05, 0.1) is 29.6 Å². The highest BCUT2D eigenvalue weighted by atomic mass is 79.9. The molecular weight excluding hydrogens is 456 g/mol. The third kappa shape index (κ3) is 5.16. The van der Waals surface area contributed by atoms with E-state index in [1.54, 1.807) is 6.20 Å². The first-order chi connectivity index (χ1) is 13.8. The summed E-state index contributed by atoms with van der Waals surface area (Å²) >= 11 is 3.53. The van der Waals surface area contributed by atoms with E-state index in [9.17, 15) is 13.2 Å². The van der Waals surface area contributed by atoms with Crippen LogP contribution in [0.3, 0.4) is 0 Å². The maximum atomic E-state index is 12.9. The van der Waals surface area contributed by atoms with Crippen LogP contribution < -0.4 is 5.32 Å². The first-order valence-corrected chi connectivity index (χ1v) is 12.6. The zero-order valence-corrected chi connectivity index (χ0v) is 18.8. The average molecular weight is 481 g/mol. The molecule has 2 aromatic rings. The van der Waals surface area contributed by atoms with Gasteiger partial charge in [-0.15, -0.1) is 0 Å². The molecular formula is C21H25BrN2O4S. The molecule has 0 aliphatic heterocycles. The SMILES string of the molecule is CS(=O)(=O)OCC1CCC(Nc2c(C(=O)C3CC3)cnc3ccc(Br)cc23)CC1. The number of anilines is 1. The number of rotatable bonds is 7. The summed E-state index contributed by atoms with van der Waals surface area (Å²) < 4.78 is 28.4. The maximum absolute atomic E-state index is 12.9. The molecule has 1 N–H and O–H groups in total. The Morgan fingerprint density at radius 1 is 1.21 bits per heavy atom. The lowest BCUT2D eigenvalue weighted by Gasteiger charge is -2.30. The highest BCUT2D eigenvalue weighted by molar-refractivity contribution is 9.10. The van der Waals surface area contributed by atoms with Crippen LogP contribution in [0.25, 0.3) is 10.9 Å². The van der Waals surface area contributed by atoms with Gasteiger partial charge in [0, 0.05) is 28.0 Å². The Morgan fingerprint density at radius 3 is 2.59 bits per heavy atom. The predicted molar refractivity (Wildman–Crippen MR) is 117 cm³/mol. The van der Waals surface area contributed by atoms with Gasteiger partial charge in [0.1, 0.15) is 0 Å². The van der Waals surface area contributed by atoms with Crippen LogP contribution in [-0.2, 0) is 14.3 Å². The molecule has 2 aliphatic carbocycles. The second-order valence-electron chi connectivity index (χ2n) is 8.20. The van der Waals surface area contributed by atoms with Crippen molar-refractivity contribution in [2.24, 2.45) is 11.8 Å². The van der Waals surface area contributed by atoms with Crippen molar-refractivity contribution in [2.45, 2.75) is 44.6 Å². The zero-order chi connectivity index (χ0) is 20.6. The van der Waals surface area contributed by atoms with E-state index in [1.165, 1.54) is 0 Å². The fraction of sp³-hybridized carbons (Fsp3) is 0.524. The Labute approximate surface area is 179 Å². The van der Waals surface area contributed by atoms with E-state index in [2.05, 4.69) is 26.2 Å². The third-order valence-electron chi connectivity index (χ3n) is 5.76. The van der Waals surface area contributed by atoms with Crippen molar-refractivity contribution in [2.75, 3.05) is 18.2 Å². The molecule has 29 heavy (non-hydrogen) atoms. The number of pyridine rings is 1. The first kappa shape index (κ1) is 20.8. The Balaban J connectivity index is 1.53. The molecule has 0 unspecified atom stereocenters. The normalized spacial score (nSPS) is 22.6. The number of carbonyl (C=O) groups is 1. The summed E-state index contributed by atoms with van der Waals surface area (Å²) in [6.07, 6.45) is 8.33. The number of nitrogens with one attached hydrogen (secondary N) is 1. The van der Waals surface area contributed by atoms with Crippen LogP contribution in [-0.4, -0.2) is 38.1 Å². The Bertz CT molecular complexity index is 1030. The quantitative estimate of drug-likeness (QED) is 0.462. The number of ketones is 1. The van der Waals surface area contributed by atoms with Gasteiger partial charge in [0.25, 0.3) is 10.1 Å². The van der Waals surface area contributed by atoms with Crippen molar-refractivity contribution in [3.05, 3.63) is 34.4 Å². The fourth-order valence-corrected chi connectivity index (χ4v) is 4.77. The minimum Gasteiger partial charge on any atom is -0.381 e. The number of fused-ring (bicyclic) bond motifs is 1. The number of benzene rings is 1. The van der Waals surface area contributed by atoms with Gasteiger partial charge >= 0.3 is 0 Å². The van der Waals surface area contributed by atoms with Gasteiger partial charge in [-0.3, -0.25) is 14.0 Å². The van der Waals surface area contributed by atoms with Crippen molar-refractivity contribution in [3.63, 3.8) is 0 Å². The zero-order valence-electron chi connectivity index (χ0n) is 16.4. The Hall–Kier alpha value is -1.51. The van der Waals surface area contributed by atoms with Crippen LogP contribution in [0, 0.1) is 11.8 Å². The van der Waals surface area contributed by atoms with Gasteiger partial charge < -0.3 is 5.32 Å². The molecule has 0 spiro atoms. The lowest BCUT2D eigenvalue weighted by Crippen LogP contribution is -2.29. The summed E-state index contributed by atoms with van der Waals surface area (Å²) in [4.78, 5) is 17.4. The van der Waals surface area contributed by atoms with Crippen LogP contribution in [0.1, 0.15) is 48.9 Å². The van der Waals surface area contributed by atoms with Crippen LogP contribution in [0.15, 0.2) is 28.9 Å². The minimum absolute atomic E-state index is 0.130. The van der Waals surface area contributed by atoms with Gasteiger partial charge in [-0.05, 0) is 62.6 Å². The van der Waals surface area contributed by atoms with Crippen molar-refractivity contribution in [3.8, 4) is 0 Å². The number of aromatic nitrogens is 1. The molecule has 2 aliphatic rings. The number of halogens is 1. The monoisotopic (exact) mass is 480 g/mol. The predicted octanol–water partition coefficient (Wildman–Crippen LogP) is 4.54. The molecule has 8 heteroatoms. The van der Waals surface area contributed by atoms with Gasteiger partial charge in [-0.2, -0.15) is 8.42 Å². The number of hydrogen-bond acceptors (Lipinski definition) is 6. The van der Waals surface area contributed by atoms with Gasteiger partial charge in [0.15, 0.2) is 5.78 Å². The van der Waals surface area contributed by atoms with Gasteiger partial charge in [-0.25, -0.2) is 0 Å². The first-order valence-electron chi connectivity index (χ1n) is 10.0. The molecule has 4 rings (SSSR count). The molecule has 2 fully saturated rings. The van der Waals surface area contributed by atoms with E-state index in [1.807, 2.05) is 18.2 Å². The highest BCUT2D eigenvalue weighted by Gasteiger charge is 2.33. The summed E-state index contributed by atoms with van der Waals surface area (Å²) in [6.45, 7) is 0.252. The Morgan fingerprint density at radius 2 is 1.93 bits per heavy atom. The minimum atomic E-state index is -3.40. The van der Waals surface area contributed by atoms with Crippen molar-refractivity contribution < 1.29 is 17.4 Å². The molecule has 1 aromatic carbocycles. The molecule has 0 radical (unpaired) electrons. The van der Waals surface area contributed by atoms with Crippen LogP contribution in [0.5, 0.6) is 0 Å². The molecule has 0 amide bonds. The molecule has 0 saturated heterocycles. The molecule has 1 heterocycles. The van der Waals surface area contributed by atoms with Crippen LogP contribution >= 0.6 is 15.9 Å². The van der Waals surface area contributed by atoms with E-state index in [-0.39, 0.29) is 30.3 Å². The van der Waals surface area contributed by atoms with Crippen LogP contribution in [0.4, 0.5) is 5.69 Å². The highest BCUT2D eigenvalue weighted by Crippen LogP contribution is 2.38.